The molecule has 2 aromatic rings. The van der Waals surface area contributed by atoms with Crippen LogP contribution in [0.5, 0.6) is 0 Å². The summed E-state index contributed by atoms with van der Waals surface area (Å²) in [4.78, 5) is 0. The van der Waals surface area contributed by atoms with Gasteiger partial charge in [0, 0.05) is 5.02 Å². The van der Waals surface area contributed by atoms with Crippen LogP contribution in [0.15, 0.2) is 39.4 Å². The maximum Gasteiger partial charge on any atom is 0.169 e. The normalized spacial score (nSPS) is 12.7. The van der Waals surface area contributed by atoms with E-state index in [2.05, 4.69) is 21.2 Å². The number of furan rings is 1. The van der Waals surface area contributed by atoms with Crippen LogP contribution in [0.25, 0.3) is 0 Å². The van der Waals surface area contributed by atoms with Crippen LogP contribution in [0.4, 0.5) is 4.39 Å². The van der Waals surface area contributed by atoms with E-state index in [4.69, 9.17) is 16.0 Å². The molecule has 0 aliphatic carbocycles. The van der Waals surface area contributed by atoms with E-state index in [1.165, 1.54) is 12.1 Å². The van der Waals surface area contributed by atoms with Gasteiger partial charge in [0.1, 0.15) is 11.6 Å². The molecule has 0 spiro atoms. The lowest BCUT2D eigenvalue weighted by molar-refractivity contribution is 0.413. The second-order valence-electron chi connectivity index (χ2n) is 3.92. The molecule has 0 aliphatic rings. The van der Waals surface area contributed by atoms with Crippen molar-refractivity contribution in [1.29, 1.82) is 0 Å². The van der Waals surface area contributed by atoms with Crippen LogP contribution in [0.3, 0.4) is 0 Å². The maximum atomic E-state index is 13.7. The van der Waals surface area contributed by atoms with Crippen molar-refractivity contribution in [1.82, 2.24) is 5.32 Å². The number of hydrogen-bond acceptors (Lipinski definition) is 2. The first-order chi connectivity index (χ1) is 8.60. The molecule has 1 N–H and O–H groups in total. The number of rotatable bonds is 4. The van der Waals surface area contributed by atoms with E-state index in [0.717, 1.165) is 5.76 Å². The van der Waals surface area contributed by atoms with E-state index < -0.39 is 0 Å². The summed E-state index contributed by atoms with van der Waals surface area (Å²) in [6, 6.07) is 8.13. The van der Waals surface area contributed by atoms with Gasteiger partial charge in [-0.05, 0) is 65.3 Å². The zero-order valence-corrected chi connectivity index (χ0v) is 12.1. The average molecular weight is 333 g/mol. The summed E-state index contributed by atoms with van der Waals surface area (Å²) in [6.07, 6.45) is 0.475. The van der Waals surface area contributed by atoms with Gasteiger partial charge in [-0.3, -0.25) is 0 Å². The summed E-state index contributed by atoms with van der Waals surface area (Å²) in [6.45, 7) is 0. The van der Waals surface area contributed by atoms with Crippen molar-refractivity contribution in [2.45, 2.75) is 12.5 Å². The molecule has 1 aromatic carbocycles. The Bertz CT molecular complexity index is 544. The molecule has 1 heterocycles. The van der Waals surface area contributed by atoms with Gasteiger partial charge < -0.3 is 9.73 Å². The molecule has 0 amide bonds. The molecular formula is C13H12BrClFNO. The fourth-order valence-electron chi connectivity index (χ4n) is 1.78. The van der Waals surface area contributed by atoms with Crippen LogP contribution in [-0.4, -0.2) is 7.05 Å². The van der Waals surface area contributed by atoms with Crippen molar-refractivity contribution in [2.24, 2.45) is 0 Å². The first-order valence-corrected chi connectivity index (χ1v) is 6.63. The Morgan fingerprint density at radius 1 is 1.39 bits per heavy atom. The molecule has 1 unspecified atom stereocenters. The highest BCUT2D eigenvalue weighted by Gasteiger charge is 2.16. The van der Waals surface area contributed by atoms with Crippen LogP contribution in [0, 0.1) is 5.82 Å². The van der Waals surface area contributed by atoms with Crippen molar-refractivity contribution < 1.29 is 8.81 Å². The lowest BCUT2D eigenvalue weighted by Gasteiger charge is -2.14. The SMILES string of the molecule is CNC(Cc1cc(Cl)ccc1F)c1ccc(Br)o1. The quantitative estimate of drug-likeness (QED) is 0.901. The van der Waals surface area contributed by atoms with Gasteiger partial charge in [0.15, 0.2) is 4.67 Å². The van der Waals surface area contributed by atoms with Gasteiger partial charge in [0.2, 0.25) is 0 Å². The van der Waals surface area contributed by atoms with Gasteiger partial charge in [0.05, 0.1) is 6.04 Å². The van der Waals surface area contributed by atoms with Gasteiger partial charge >= 0.3 is 0 Å². The molecule has 1 aromatic heterocycles. The van der Waals surface area contributed by atoms with Crippen LogP contribution >= 0.6 is 27.5 Å². The Kier molecular flexibility index (Phi) is 4.43. The molecule has 5 heteroatoms. The summed E-state index contributed by atoms with van der Waals surface area (Å²) >= 11 is 9.13. The number of benzene rings is 1. The van der Waals surface area contributed by atoms with Gasteiger partial charge in [-0.25, -0.2) is 4.39 Å². The van der Waals surface area contributed by atoms with E-state index in [9.17, 15) is 4.39 Å². The second-order valence-corrected chi connectivity index (χ2v) is 5.14. The van der Waals surface area contributed by atoms with Crippen molar-refractivity contribution in [3.05, 3.63) is 57.2 Å². The average Bonchev–Trinajstić information content (AvgIpc) is 2.77. The van der Waals surface area contributed by atoms with E-state index in [1.807, 2.05) is 19.2 Å². The largest absolute Gasteiger partial charge is 0.453 e. The summed E-state index contributed by atoms with van der Waals surface area (Å²) in [5.41, 5.74) is 0.564. The Morgan fingerprint density at radius 2 is 2.17 bits per heavy atom. The fraction of sp³-hybridized carbons (Fsp3) is 0.231. The molecule has 0 aliphatic heterocycles. The molecule has 2 rings (SSSR count). The second kappa shape index (κ2) is 5.87. The lowest BCUT2D eigenvalue weighted by atomic mass is 10.0. The molecule has 1 atom stereocenters. The molecule has 0 fully saturated rings. The molecule has 0 radical (unpaired) electrons. The molecule has 96 valence electrons. The predicted molar refractivity (Wildman–Crippen MR) is 73.3 cm³/mol. The third-order valence-corrected chi connectivity index (χ3v) is 3.38. The van der Waals surface area contributed by atoms with Crippen molar-refractivity contribution in [3.8, 4) is 0 Å². The van der Waals surface area contributed by atoms with E-state index in [0.29, 0.717) is 21.7 Å². The van der Waals surface area contributed by atoms with Crippen molar-refractivity contribution in [2.75, 3.05) is 7.05 Å². The number of halogens is 3. The number of hydrogen-bond donors (Lipinski definition) is 1. The zero-order valence-electron chi connectivity index (χ0n) is 9.71. The maximum absolute atomic E-state index is 13.7. The van der Waals surface area contributed by atoms with E-state index in [1.54, 1.807) is 6.07 Å². The Morgan fingerprint density at radius 3 is 2.78 bits per heavy atom. The monoisotopic (exact) mass is 331 g/mol. The zero-order chi connectivity index (χ0) is 13.1. The summed E-state index contributed by atoms with van der Waals surface area (Å²) in [5.74, 6) is 0.494. The van der Waals surface area contributed by atoms with Crippen LogP contribution in [0.1, 0.15) is 17.4 Å². The van der Waals surface area contributed by atoms with E-state index in [-0.39, 0.29) is 11.9 Å². The predicted octanol–water partition coefficient (Wildman–Crippen LogP) is 4.34. The highest BCUT2D eigenvalue weighted by molar-refractivity contribution is 9.10. The molecule has 2 nitrogen and oxygen atoms in total. The van der Waals surface area contributed by atoms with Gasteiger partial charge in [-0.2, -0.15) is 0 Å². The van der Waals surface area contributed by atoms with Gasteiger partial charge in [0.25, 0.3) is 0 Å². The first-order valence-electron chi connectivity index (χ1n) is 5.46. The molecular weight excluding hydrogens is 321 g/mol. The lowest BCUT2D eigenvalue weighted by Crippen LogP contribution is -2.18. The highest BCUT2D eigenvalue weighted by Crippen LogP contribution is 2.25. The molecule has 0 bridgehead atoms. The third kappa shape index (κ3) is 3.13. The minimum atomic E-state index is -0.259. The smallest absolute Gasteiger partial charge is 0.169 e. The number of nitrogens with one attached hydrogen (secondary N) is 1. The fourth-order valence-corrected chi connectivity index (χ4v) is 2.29. The van der Waals surface area contributed by atoms with Crippen molar-refractivity contribution in [3.63, 3.8) is 0 Å². The molecule has 0 saturated carbocycles. The Hall–Kier alpha value is -0.840. The summed E-state index contributed by atoms with van der Waals surface area (Å²) < 4.78 is 19.8. The topological polar surface area (TPSA) is 25.2 Å². The minimum Gasteiger partial charge on any atom is -0.453 e. The minimum absolute atomic E-state index is 0.0933. The van der Waals surface area contributed by atoms with Gasteiger partial charge in [-0.15, -0.1) is 0 Å². The third-order valence-electron chi connectivity index (χ3n) is 2.72. The van der Waals surface area contributed by atoms with Crippen LogP contribution < -0.4 is 5.32 Å². The number of likely N-dealkylation sites (N-methyl/N-ethyl adjacent to an activating group) is 1. The molecule has 0 saturated heterocycles. The highest BCUT2D eigenvalue weighted by atomic mass is 79.9. The van der Waals surface area contributed by atoms with E-state index >= 15 is 0 Å². The summed E-state index contributed by atoms with van der Waals surface area (Å²) in [5, 5.41) is 3.63. The Balaban J connectivity index is 2.22. The summed E-state index contributed by atoms with van der Waals surface area (Å²) in [7, 11) is 1.81. The standard InChI is InChI=1S/C13H12BrClFNO/c1-17-11(12-4-5-13(14)18-12)7-8-6-9(15)2-3-10(8)16/h2-6,11,17H,7H2,1H3. The molecule has 18 heavy (non-hydrogen) atoms. The first kappa shape index (κ1) is 13.6. The van der Waals surface area contributed by atoms with Gasteiger partial charge in [-0.1, -0.05) is 11.6 Å². The Labute approximate surface area is 118 Å². The van der Waals surface area contributed by atoms with Crippen molar-refractivity contribution >= 4 is 27.5 Å². The van der Waals surface area contributed by atoms with Crippen LogP contribution in [0.2, 0.25) is 5.02 Å². The van der Waals surface area contributed by atoms with Crippen LogP contribution in [-0.2, 0) is 6.42 Å².